The van der Waals surface area contributed by atoms with E-state index in [2.05, 4.69) is 10.3 Å². The number of amides is 2. The van der Waals surface area contributed by atoms with E-state index in [9.17, 15) is 9.59 Å². The molecule has 0 aliphatic rings. The summed E-state index contributed by atoms with van der Waals surface area (Å²) in [5.74, 6) is 0.165. The van der Waals surface area contributed by atoms with Gasteiger partial charge in [0.25, 0.3) is 11.8 Å². The monoisotopic (exact) mass is 381 g/mol. The van der Waals surface area contributed by atoms with Crippen LogP contribution in [0.5, 0.6) is 5.75 Å². The van der Waals surface area contributed by atoms with Crippen LogP contribution in [0.15, 0.2) is 60.0 Å². The van der Waals surface area contributed by atoms with Gasteiger partial charge in [-0.25, -0.2) is 4.98 Å². The van der Waals surface area contributed by atoms with E-state index in [1.807, 2.05) is 30.3 Å². The third kappa shape index (κ3) is 4.92. The van der Waals surface area contributed by atoms with E-state index < -0.39 is 0 Å². The van der Waals surface area contributed by atoms with Crippen molar-refractivity contribution >= 4 is 28.8 Å². The zero-order valence-electron chi connectivity index (χ0n) is 15.0. The van der Waals surface area contributed by atoms with Crippen LogP contribution in [0, 0.1) is 0 Å². The Kier molecular flexibility index (Phi) is 5.83. The molecule has 0 fully saturated rings. The number of aromatic nitrogens is 1. The second-order valence-electron chi connectivity index (χ2n) is 5.96. The Morgan fingerprint density at radius 1 is 1.07 bits per heavy atom. The number of rotatable bonds is 6. The second-order valence-corrected chi connectivity index (χ2v) is 6.82. The molecule has 3 aromatic rings. The van der Waals surface area contributed by atoms with Gasteiger partial charge < -0.3 is 15.0 Å². The van der Waals surface area contributed by atoms with Gasteiger partial charge in [-0.1, -0.05) is 30.3 Å². The van der Waals surface area contributed by atoms with E-state index in [1.54, 1.807) is 43.7 Å². The molecule has 27 heavy (non-hydrogen) atoms. The Balaban J connectivity index is 1.60. The molecule has 0 aliphatic carbocycles. The fraction of sp³-hybridized carbons (Fsp3) is 0.150. The fourth-order valence-corrected chi connectivity index (χ4v) is 3.00. The molecule has 0 spiro atoms. The van der Waals surface area contributed by atoms with Crippen molar-refractivity contribution in [2.45, 2.75) is 0 Å². The summed E-state index contributed by atoms with van der Waals surface area (Å²) in [6.07, 6.45) is 0. The number of nitrogens with one attached hydrogen (secondary N) is 1. The van der Waals surface area contributed by atoms with Crippen molar-refractivity contribution in [3.05, 3.63) is 65.7 Å². The maximum atomic E-state index is 12.4. The summed E-state index contributed by atoms with van der Waals surface area (Å²) in [4.78, 5) is 29.8. The van der Waals surface area contributed by atoms with Gasteiger partial charge >= 0.3 is 0 Å². The van der Waals surface area contributed by atoms with Crippen LogP contribution in [0.2, 0.25) is 0 Å². The van der Waals surface area contributed by atoms with Crippen LogP contribution in [0.4, 0.5) is 5.69 Å². The molecule has 1 heterocycles. The number of carbonyl (C=O) groups excluding carboxylic acids is 2. The largest absolute Gasteiger partial charge is 0.484 e. The van der Waals surface area contributed by atoms with Crippen molar-refractivity contribution in [2.75, 3.05) is 26.0 Å². The quantitative estimate of drug-likeness (QED) is 0.709. The minimum absolute atomic E-state index is 0.0280. The molecule has 0 unspecified atom stereocenters. The zero-order chi connectivity index (χ0) is 19.2. The van der Waals surface area contributed by atoms with Gasteiger partial charge in [0.05, 0.1) is 0 Å². The van der Waals surface area contributed by atoms with E-state index in [1.165, 1.54) is 16.2 Å². The van der Waals surface area contributed by atoms with Gasteiger partial charge in [-0.05, 0) is 24.3 Å². The highest BCUT2D eigenvalue weighted by molar-refractivity contribution is 7.13. The van der Waals surface area contributed by atoms with Crippen molar-refractivity contribution in [3.63, 3.8) is 0 Å². The molecule has 0 saturated heterocycles. The molecular formula is C20H19N3O3S. The summed E-state index contributed by atoms with van der Waals surface area (Å²) in [5.41, 5.74) is 1.98. The third-order valence-corrected chi connectivity index (χ3v) is 4.62. The van der Waals surface area contributed by atoms with Crippen molar-refractivity contribution in [1.29, 1.82) is 0 Å². The molecule has 0 saturated carbocycles. The number of likely N-dealkylation sites (N-methyl/N-ethyl adjacent to an activating group) is 1. The zero-order valence-corrected chi connectivity index (χ0v) is 15.8. The van der Waals surface area contributed by atoms with Gasteiger partial charge in [0.2, 0.25) is 0 Å². The minimum atomic E-state index is -0.273. The normalized spacial score (nSPS) is 10.3. The molecular weight excluding hydrogens is 362 g/mol. The number of carbonyl (C=O) groups is 2. The minimum Gasteiger partial charge on any atom is -0.484 e. The standard InChI is InChI=1S/C20H19N3O3S/c1-23(2)18(24)12-26-16-10-8-15(9-11-16)21-19(25)17-13-27-20(22-17)14-6-4-3-5-7-14/h3-11,13H,12H2,1-2H3,(H,21,25). The topological polar surface area (TPSA) is 71.5 Å². The maximum absolute atomic E-state index is 12.4. The summed E-state index contributed by atoms with van der Waals surface area (Å²) in [6, 6.07) is 16.6. The Labute approximate surface area is 161 Å². The van der Waals surface area contributed by atoms with Crippen LogP contribution < -0.4 is 10.1 Å². The lowest BCUT2D eigenvalue weighted by Crippen LogP contribution is -2.27. The lowest BCUT2D eigenvalue weighted by Gasteiger charge is -2.11. The van der Waals surface area contributed by atoms with Crippen molar-refractivity contribution < 1.29 is 14.3 Å². The van der Waals surface area contributed by atoms with Crippen LogP contribution in [0.25, 0.3) is 10.6 Å². The first-order valence-corrected chi connectivity index (χ1v) is 9.16. The van der Waals surface area contributed by atoms with E-state index >= 15 is 0 Å². The first kappa shape index (κ1) is 18.6. The van der Waals surface area contributed by atoms with Crippen LogP contribution in [0.3, 0.4) is 0 Å². The molecule has 138 valence electrons. The summed E-state index contributed by atoms with van der Waals surface area (Å²) in [6.45, 7) is -0.0280. The van der Waals surface area contributed by atoms with E-state index in [-0.39, 0.29) is 18.4 Å². The van der Waals surface area contributed by atoms with Gasteiger partial charge in [0, 0.05) is 30.7 Å². The highest BCUT2D eigenvalue weighted by Gasteiger charge is 2.12. The first-order chi connectivity index (χ1) is 13.0. The van der Waals surface area contributed by atoms with Gasteiger partial charge in [-0.3, -0.25) is 9.59 Å². The lowest BCUT2D eigenvalue weighted by molar-refractivity contribution is -0.130. The Bertz CT molecular complexity index is 921. The second kappa shape index (κ2) is 8.46. The molecule has 1 aromatic heterocycles. The lowest BCUT2D eigenvalue weighted by atomic mass is 10.2. The molecule has 0 radical (unpaired) electrons. The summed E-state index contributed by atoms with van der Waals surface area (Å²) >= 11 is 1.43. The maximum Gasteiger partial charge on any atom is 0.275 e. The molecule has 7 heteroatoms. The number of anilines is 1. The van der Waals surface area contributed by atoms with Gasteiger partial charge in [-0.2, -0.15) is 0 Å². The van der Waals surface area contributed by atoms with Crippen LogP contribution in [-0.2, 0) is 4.79 Å². The number of ether oxygens (including phenoxy) is 1. The average molecular weight is 381 g/mol. The molecule has 0 atom stereocenters. The van der Waals surface area contributed by atoms with E-state index in [0.717, 1.165) is 10.6 Å². The van der Waals surface area contributed by atoms with Crippen molar-refractivity contribution in [3.8, 4) is 16.3 Å². The first-order valence-electron chi connectivity index (χ1n) is 8.28. The summed E-state index contributed by atoms with van der Waals surface area (Å²) in [7, 11) is 3.35. The molecule has 0 aliphatic heterocycles. The Hall–Kier alpha value is -3.19. The number of nitrogens with zero attached hydrogens (tertiary/aromatic N) is 2. The molecule has 1 N–H and O–H groups in total. The highest BCUT2D eigenvalue weighted by atomic mass is 32.1. The fourth-order valence-electron chi connectivity index (χ4n) is 2.20. The van der Waals surface area contributed by atoms with Gasteiger partial charge in [0.1, 0.15) is 16.5 Å². The number of hydrogen-bond donors (Lipinski definition) is 1. The summed E-state index contributed by atoms with van der Waals surface area (Å²) in [5, 5.41) is 5.35. The average Bonchev–Trinajstić information content (AvgIpc) is 3.18. The highest BCUT2D eigenvalue weighted by Crippen LogP contribution is 2.24. The Morgan fingerprint density at radius 3 is 2.44 bits per heavy atom. The van der Waals surface area contributed by atoms with Crippen LogP contribution >= 0.6 is 11.3 Å². The predicted molar refractivity (Wildman–Crippen MR) is 106 cm³/mol. The van der Waals surface area contributed by atoms with Crippen LogP contribution in [0.1, 0.15) is 10.5 Å². The molecule has 0 bridgehead atoms. The Morgan fingerprint density at radius 2 is 1.78 bits per heavy atom. The SMILES string of the molecule is CN(C)C(=O)COc1ccc(NC(=O)c2csc(-c3ccccc3)n2)cc1. The molecule has 2 amide bonds. The molecule has 3 rings (SSSR count). The number of benzene rings is 2. The number of thiazole rings is 1. The summed E-state index contributed by atoms with van der Waals surface area (Å²) < 4.78 is 5.41. The number of hydrogen-bond acceptors (Lipinski definition) is 5. The smallest absolute Gasteiger partial charge is 0.275 e. The van der Waals surface area contributed by atoms with Gasteiger partial charge in [-0.15, -0.1) is 11.3 Å². The van der Waals surface area contributed by atoms with Crippen LogP contribution in [-0.4, -0.2) is 42.4 Å². The van der Waals surface area contributed by atoms with E-state index in [0.29, 0.717) is 17.1 Å². The predicted octanol–water partition coefficient (Wildman–Crippen LogP) is 3.53. The van der Waals surface area contributed by atoms with E-state index in [4.69, 9.17) is 4.74 Å². The third-order valence-electron chi connectivity index (χ3n) is 3.73. The van der Waals surface area contributed by atoms with Gasteiger partial charge in [0.15, 0.2) is 6.61 Å². The van der Waals surface area contributed by atoms with Crippen molar-refractivity contribution in [1.82, 2.24) is 9.88 Å². The molecule has 6 nitrogen and oxygen atoms in total. The molecule has 2 aromatic carbocycles. The van der Waals surface area contributed by atoms with Crippen molar-refractivity contribution in [2.24, 2.45) is 0 Å².